The van der Waals surface area contributed by atoms with Crippen molar-refractivity contribution < 1.29 is 5.11 Å². The van der Waals surface area contributed by atoms with Gasteiger partial charge in [0.15, 0.2) is 0 Å². The summed E-state index contributed by atoms with van der Waals surface area (Å²) >= 11 is 0. The van der Waals surface area contributed by atoms with Crippen molar-refractivity contribution >= 4 is 0 Å². The molecule has 96 valence electrons. The van der Waals surface area contributed by atoms with Gasteiger partial charge in [-0.2, -0.15) is 0 Å². The van der Waals surface area contributed by atoms with Crippen molar-refractivity contribution in [3.63, 3.8) is 0 Å². The molecule has 5 fully saturated rings. The second-order valence-corrected chi connectivity index (χ2v) is 7.64. The first-order valence-electron chi connectivity index (χ1n) is 7.54. The molecule has 3 N–H and O–H groups in total. The van der Waals surface area contributed by atoms with Crippen LogP contribution in [-0.2, 0) is 0 Å². The molecule has 0 spiro atoms. The monoisotopic (exact) mass is 235 g/mol. The minimum absolute atomic E-state index is 0.0544. The number of aliphatic hydroxyl groups is 1. The fourth-order valence-corrected chi connectivity index (χ4v) is 6.32. The zero-order chi connectivity index (χ0) is 11.7. The Labute approximate surface area is 104 Å². The quantitative estimate of drug-likeness (QED) is 0.788. The topological polar surface area (TPSA) is 46.2 Å². The summed E-state index contributed by atoms with van der Waals surface area (Å²) in [5.41, 5.74) is 7.18. The Morgan fingerprint density at radius 1 is 1.00 bits per heavy atom. The van der Waals surface area contributed by atoms with E-state index in [-0.39, 0.29) is 12.6 Å². The summed E-state index contributed by atoms with van der Waals surface area (Å²) < 4.78 is 0. The van der Waals surface area contributed by atoms with Gasteiger partial charge in [0.2, 0.25) is 0 Å². The normalized spacial score (nSPS) is 51.5. The van der Waals surface area contributed by atoms with Gasteiger partial charge < -0.3 is 10.8 Å². The fraction of sp³-hybridized carbons (Fsp3) is 1.00. The number of aliphatic hydroxyl groups excluding tert-OH is 1. The van der Waals surface area contributed by atoms with E-state index in [4.69, 9.17) is 5.73 Å². The lowest BCUT2D eigenvalue weighted by molar-refractivity contribution is -0.107. The van der Waals surface area contributed by atoms with E-state index in [1.54, 1.807) is 0 Å². The molecule has 2 heteroatoms. The standard InChI is InChI=1S/C15H25NO/c16-13(9-17)15(1-2-15)14-6-10-3-11(7-14)5-12(4-10)8-14/h10-13,17H,1-9,16H2. The summed E-state index contributed by atoms with van der Waals surface area (Å²) in [7, 11) is 0. The SMILES string of the molecule is NC(CO)C1(C23CC4CC(CC(C4)C2)C3)CC1. The van der Waals surface area contributed by atoms with Crippen molar-refractivity contribution in [3.05, 3.63) is 0 Å². The van der Waals surface area contributed by atoms with E-state index in [0.717, 1.165) is 17.8 Å². The predicted molar refractivity (Wildman–Crippen MR) is 67.3 cm³/mol. The van der Waals surface area contributed by atoms with Gasteiger partial charge in [0.05, 0.1) is 6.61 Å². The van der Waals surface area contributed by atoms with E-state index in [1.165, 1.54) is 51.4 Å². The molecule has 0 aromatic carbocycles. The second-order valence-electron chi connectivity index (χ2n) is 7.64. The fourth-order valence-electron chi connectivity index (χ4n) is 6.32. The Hall–Kier alpha value is -0.0800. The molecule has 0 heterocycles. The van der Waals surface area contributed by atoms with Crippen molar-refractivity contribution in [3.8, 4) is 0 Å². The second kappa shape index (κ2) is 3.27. The molecule has 5 saturated carbocycles. The Balaban J connectivity index is 1.68. The van der Waals surface area contributed by atoms with Crippen LogP contribution >= 0.6 is 0 Å². The first-order chi connectivity index (χ1) is 8.17. The van der Waals surface area contributed by atoms with Gasteiger partial charge in [-0.15, -0.1) is 0 Å². The Kier molecular flexibility index (Phi) is 2.08. The Morgan fingerprint density at radius 2 is 1.47 bits per heavy atom. The third kappa shape index (κ3) is 1.29. The number of nitrogens with two attached hydrogens (primary N) is 1. The van der Waals surface area contributed by atoms with Crippen LogP contribution in [0.4, 0.5) is 0 Å². The first-order valence-corrected chi connectivity index (χ1v) is 7.54. The lowest BCUT2D eigenvalue weighted by atomic mass is 9.44. The van der Waals surface area contributed by atoms with E-state index >= 15 is 0 Å². The summed E-state index contributed by atoms with van der Waals surface area (Å²) in [6.07, 6.45) is 11.4. The van der Waals surface area contributed by atoms with E-state index in [2.05, 4.69) is 0 Å². The van der Waals surface area contributed by atoms with E-state index in [1.807, 2.05) is 0 Å². The van der Waals surface area contributed by atoms with Crippen molar-refractivity contribution in [2.75, 3.05) is 6.61 Å². The molecular formula is C15H25NO. The number of hydrogen-bond donors (Lipinski definition) is 2. The Morgan fingerprint density at radius 3 is 1.82 bits per heavy atom. The molecule has 0 radical (unpaired) electrons. The van der Waals surface area contributed by atoms with Crippen LogP contribution in [0.15, 0.2) is 0 Å². The van der Waals surface area contributed by atoms with E-state index < -0.39 is 0 Å². The van der Waals surface area contributed by atoms with Crippen LogP contribution in [0.2, 0.25) is 0 Å². The van der Waals surface area contributed by atoms with Crippen LogP contribution in [0.1, 0.15) is 51.4 Å². The maximum atomic E-state index is 9.49. The summed E-state index contributed by atoms with van der Waals surface area (Å²) in [4.78, 5) is 0. The molecule has 0 aliphatic heterocycles. The van der Waals surface area contributed by atoms with Crippen LogP contribution in [0.5, 0.6) is 0 Å². The maximum Gasteiger partial charge on any atom is 0.0588 e. The molecule has 5 rings (SSSR count). The van der Waals surface area contributed by atoms with Crippen LogP contribution in [0.25, 0.3) is 0 Å². The molecule has 1 atom stereocenters. The highest BCUT2D eigenvalue weighted by Crippen LogP contribution is 2.73. The summed E-state index contributed by atoms with van der Waals surface area (Å²) in [6.45, 7) is 0.196. The van der Waals surface area contributed by atoms with Crippen LogP contribution in [0.3, 0.4) is 0 Å². The molecule has 1 unspecified atom stereocenters. The molecular weight excluding hydrogens is 210 g/mol. The summed E-state index contributed by atoms with van der Waals surface area (Å²) in [6, 6.07) is 0.0544. The van der Waals surface area contributed by atoms with Crippen molar-refractivity contribution in [2.24, 2.45) is 34.3 Å². The highest BCUT2D eigenvalue weighted by atomic mass is 16.3. The highest BCUT2D eigenvalue weighted by Gasteiger charge is 2.66. The van der Waals surface area contributed by atoms with Crippen LogP contribution in [-0.4, -0.2) is 17.8 Å². The molecule has 2 nitrogen and oxygen atoms in total. The lowest BCUT2D eigenvalue weighted by Gasteiger charge is -2.61. The maximum absolute atomic E-state index is 9.49. The van der Waals surface area contributed by atoms with Crippen molar-refractivity contribution in [1.29, 1.82) is 0 Å². The molecule has 0 aromatic rings. The average molecular weight is 235 g/mol. The molecule has 0 aromatic heterocycles. The van der Waals surface area contributed by atoms with Gasteiger partial charge in [0, 0.05) is 6.04 Å². The zero-order valence-electron chi connectivity index (χ0n) is 10.7. The molecule has 0 saturated heterocycles. The van der Waals surface area contributed by atoms with Gasteiger partial charge in [-0.1, -0.05) is 0 Å². The van der Waals surface area contributed by atoms with Gasteiger partial charge in [0.25, 0.3) is 0 Å². The highest BCUT2D eigenvalue weighted by molar-refractivity contribution is 5.17. The smallest absolute Gasteiger partial charge is 0.0588 e. The minimum atomic E-state index is 0.0544. The molecule has 4 bridgehead atoms. The summed E-state index contributed by atoms with van der Waals surface area (Å²) in [5.74, 6) is 3.01. The van der Waals surface area contributed by atoms with Gasteiger partial charge in [-0.25, -0.2) is 0 Å². The van der Waals surface area contributed by atoms with Gasteiger partial charge in [0.1, 0.15) is 0 Å². The third-order valence-electron chi connectivity index (χ3n) is 6.79. The lowest BCUT2D eigenvalue weighted by Crippen LogP contribution is -2.55. The minimum Gasteiger partial charge on any atom is -0.395 e. The van der Waals surface area contributed by atoms with E-state index in [9.17, 15) is 5.11 Å². The molecule has 17 heavy (non-hydrogen) atoms. The number of hydrogen-bond acceptors (Lipinski definition) is 2. The van der Waals surface area contributed by atoms with Gasteiger partial charge in [-0.05, 0) is 80.0 Å². The average Bonchev–Trinajstić information content (AvgIpc) is 3.07. The van der Waals surface area contributed by atoms with Crippen molar-refractivity contribution in [2.45, 2.75) is 57.4 Å². The predicted octanol–water partition coefficient (Wildman–Crippen LogP) is 2.30. The zero-order valence-corrected chi connectivity index (χ0v) is 10.7. The van der Waals surface area contributed by atoms with Gasteiger partial charge >= 0.3 is 0 Å². The first kappa shape index (κ1) is 10.8. The van der Waals surface area contributed by atoms with E-state index in [0.29, 0.717) is 10.8 Å². The van der Waals surface area contributed by atoms with Crippen molar-refractivity contribution in [1.82, 2.24) is 0 Å². The van der Waals surface area contributed by atoms with Gasteiger partial charge in [-0.3, -0.25) is 0 Å². The Bertz CT molecular complexity index is 299. The number of rotatable bonds is 3. The van der Waals surface area contributed by atoms with Crippen LogP contribution < -0.4 is 5.73 Å². The largest absolute Gasteiger partial charge is 0.395 e. The third-order valence-corrected chi connectivity index (χ3v) is 6.79. The summed E-state index contributed by atoms with van der Waals surface area (Å²) in [5, 5.41) is 9.49. The molecule has 5 aliphatic rings. The molecule has 0 amide bonds. The molecule has 5 aliphatic carbocycles. The van der Waals surface area contributed by atoms with Crippen LogP contribution in [0, 0.1) is 28.6 Å².